The predicted molar refractivity (Wildman–Crippen MR) is 76.4 cm³/mol. The number of aromatic nitrogens is 2. The molecule has 2 aromatic rings. The van der Waals surface area contributed by atoms with E-state index >= 15 is 0 Å². The topological polar surface area (TPSA) is 59.2 Å². The largest absolute Gasteiger partial charge is 0.411 e. The molecule has 4 nitrogen and oxygen atoms in total. The lowest BCUT2D eigenvalue weighted by Crippen LogP contribution is -1.85. The van der Waals surface area contributed by atoms with Crippen LogP contribution in [-0.4, -0.2) is 27.7 Å². The van der Waals surface area contributed by atoms with Crippen molar-refractivity contribution in [1.29, 1.82) is 0 Å². The van der Waals surface area contributed by atoms with E-state index < -0.39 is 0 Å². The molecule has 0 aliphatic rings. The van der Waals surface area contributed by atoms with E-state index in [9.17, 15) is 0 Å². The number of aliphatic hydroxyl groups excluding tert-OH is 1. The van der Waals surface area contributed by atoms with Crippen LogP contribution < -0.4 is 0 Å². The lowest BCUT2D eigenvalue weighted by atomic mass is 10.2. The third-order valence-electron chi connectivity index (χ3n) is 2.54. The quantitative estimate of drug-likeness (QED) is 0.624. The number of hydrogen-bond donors (Lipinski definition) is 1. The van der Waals surface area contributed by atoms with Crippen molar-refractivity contribution in [3.05, 3.63) is 29.3 Å². The summed E-state index contributed by atoms with van der Waals surface area (Å²) in [6.07, 6.45) is 2.87. The summed E-state index contributed by atoms with van der Waals surface area (Å²) < 4.78 is 5.56. The van der Waals surface area contributed by atoms with E-state index in [1.54, 1.807) is 6.07 Å². The first-order valence-corrected chi connectivity index (χ1v) is 7.49. The summed E-state index contributed by atoms with van der Waals surface area (Å²) in [5, 5.41) is 17.8. The number of hydrogen-bond acceptors (Lipinski definition) is 5. The molecule has 1 heterocycles. The van der Waals surface area contributed by atoms with E-state index in [-0.39, 0.29) is 6.61 Å². The van der Waals surface area contributed by atoms with Gasteiger partial charge in [-0.2, -0.15) is 0 Å². The number of aliphatic hydroxyl groups is 1. The lowest BCUT2D eigenvalue weighted by molar-refractivity contribution is 0.284. The van der Waals surface area contributed by atoms with Gasteiger partial charge in [-0.3, -0.25) is 0 Å². The maximum absolute atomic E-state index is 8.68. The Balaban J connectivity index is 1.91. The number of thioether (sulfide) groups is 1. The van der Waals surface area contributed by atoms with Gasteiger partial charge in [-0.15, -0.1) is 10.2 Å². The Labute approximate surface area is 121 Å². The normalized spacial score (nSPS) is 10.8. The molecule has 0 aliphatic carbocycles. The van der Waals surface area contributed by atoms with Gasteiger partial charge < -0.3 is 9.52 Å². The highest BCUT2D eigenvalue weighted by Gasteiger charge is 2.11. The fourth-order valence-electron chi connectivity index (χ4n) is 1.56. The first kappa shape index (κ1) is 14.4. The number of rotatable bonds is 7. The molecule has 0 spiro atoms. The van der Waals surface area contributed by atoms with Crippen molar-refractivity contribution in [1.82, 2.24) is 10.2 Å². The molecule has 0 radical (unpaired) electrons. The van der Waals surface area contributed by atoms with Crippen LogP contribution in [0.15, 0.2) is 33.9 Å². The molecular formula is C13H15ClN2O2S. The van der Waals surface area contributed by atoms with Gasteiger partial charge in [0.2, 0.25) is 5.89 Å². The van der Waals surface area contributed by atoms with Gasteiger partial charge in [0.25, 0.3) is 5.22 Å². The van der Waals surface area contributed by atoms with E-state index in [2.05, 4.69) is 10.2 Å². The van der Waals surface area contributed by atoms with Gasteiger partial charge in [-0.25, -0.2) is 0 Å². The fourth-order valence-corrected chi connectivity index (χ4v) is 2.54. The van der Waals surface area contributed by atoms with E-state index in [1.165, 1.54) is 11.8 Å². The molecule has 0 bridgehead atoms. The van der Waals surface area contributed by atoms with Crippen LogP contribution in [0.5, 0.6) is 0 Å². The summed E-state index contributed by atoms with van der Waals surface area (Å²) in [5.41, 5.74) is 0.754. The van der Waals surface area contributed by atoms with Crippen molar-refractivity contribution in [2.45, 2.75) is 24.5 Å². The maximum Gasteiger partial charge on any atom is 0.276 e. The van der Waals surface area contributed by atoms with Gasteiger partial charge >= 0.3 is 0 Å². The van der Waals surface area contributed by atoms with Gasteiger partial charge in [-0.05, 0) is 25.0 Å². The van der Waals surface area contributed by atoms with Crippen molar-refractivity contribution in [3.8, 4) is 11.5 Å². The fraction of sp³-hybridized carbons (Fsp3) is 0.385. The summed E-state index contributed by atoms with van der Waals surface area (Å²) >= 11 is 7.60. The molecule has 6 heteroatoms. The number of benzene rings is 1. The maximum atomic E-state index is 8.68. The molecular weight excluding hydrogens is 284 g/mol. The molecule has 19 heavy (non-hydrogen) atoms. The molecule has 0 atom stereocenters. The van der Waals surface area contributed by atoms with Crippen molar-refractivity contribution >= 4 is 23.4 Å². The highest BCUT2D eigenvalue weighted by molar-refractivity contribution is 7.99. The summed E-state index contributed by atoms with van der Waals surface area (Å²) in [7, 11) is 0. The molecule has 1 aromatic heterocycles. The van der Waals surface area contributed by atoms with Crippen molar-refractivity contribution in [3.63, 3.8) is 0 Å². The van der Waals surface area contributed by atoms with E-state index in [1.807, 2.05) is 18.2 Å². The first-order chi connectivity index (χ1) is 9.31. The summed E-state index contributed by atoms with van der Waals surface area (Å²) in [6.45, 7) is 0.252. The van der Waals surface area contributed by atoms with Crippen LogP contribution in [0.1, 0.15) is 19.3 Å². The Kier molecular flexibility index (Phi) is 5.69. The van der Waals surface area contributed by atoms with E-state index in [4.69, 9.17) is 21.1 Å². The smallest absolute Gasteiger partial charge is 0.276 e. The summed E-state index contributed by atoms with van der Waals surface area (Å²) in [5.74, 6) is 1.35. The zero-order chi connectivity index (χ0) is 13.5. The van der Waals surface area contributed by atoms with E-state index in [0.717, 1.165) is 30.6 Å². The molecule has 0 fully saturated rings. The molecule has 2 rings (SSSR count). The van der Waals surface area contributed by atoms with Crippen molar-refractivity contribution in [2.75, 3.05) is 12.4 Å². The van der Waals surface area contributed by atoms with E-state index in [0.29, 0.717) is 16.1 Å². The Bertz CT molecular complexity index is 519. The van der Waals surface area contributed by atoms with Crippen molar-refractivity contribution in [2.24, 2.45) is 0 Å². The van der Waals surface area contributed by atoms with Gasteiger partial charge in [0.05, 0.1) is 10.6 Å². The Morgan fingerprint density at radius 1 is 1.16 bits per heavy atom. The van der Waals surface area contributed by atoms with Crippen LogP contribution in [0, 0.1) is 0 Å². The lowest BCUT2D eigenvalue weighted by Gasteiger charge is -1.97. The van der Waals surface area contributed by atoms with Crippen LogP contribution in [0.4, 0.5) is 0 Å². The van der Waals surface area contributed by atoms with Gasteiger partial charge in [-0.1, -0.05) is 41.9 Å². The second-order valence-corrected chi connectivity index (χ2v) is 5.44. The number of halogens is 1. The third-order valence-corrected chi connectivity index (χ3v) is 3.77. The van der Waals surface area contributed by atoms with Gasteiger partial charge in [0.1, 0.15) is 0 Å². The van der Waals surface area contributed by atoms with Crippen LogP contribution in [0.2, 0.25) is 5.02 Å². The minimum Gasteiger partial charge on any atom is -0.411 e. The Morgan fingerprint density at radius 3 is 2.79 bits per heavy atom. The molecule has 1 aromatic carbocycles. The first-order valence-electron chi connectivity index (χ1n) is 6.13. The van der Waals surface area contributed by atoms with Crippen LogP contribution >= 0.6 is 23.4 Å². The highest BCUT2D eigenvalue weighted by Crippen LogP contribution is 2.28. The molecule has 102 valence electrons. The zero-order valence-electron chi connectivity index (χ0n) is 10.4. The molecule has 1 N–H and O–H groups in total. The minimum absolute atomic E-state index is 0.252. The van der Waals surface area contributed by atoms with Crippen LogP contribution in [0.3, 0.4) is 0 Å². The Hall–Kier alpha value is -1.04. The Morgan fingerprint density at radius 2 is 2.00 bits per heavy atom. The number of unbranched alkanes of at least 4 members (excludes halogenated alkanes) is 2. The molecule has 0 saturated carbocycles. The molecule has 0 saturated heterocycles. The van der Waals surface area contributed by atoms with Gasteiger partial charge in [0, 0.05) is 12.4 Å². The SMILES string of the molecule is OCCCCCSc1nnc(-c2ccccc2Cl)o1. The highest BCUT2D eigenvalue weighted by atomic mass is 35.5. The predicted octanol–water partition coefficient (Wildman–Crippen LogP) is 3.64. The third kappa shape index (κ3) is 4.23. The van der Waals surface area contributed by atoms with Crippen LogP contribution in [0.25, 0.3) is 11.5 Å². The molecule has 0 unspecified atom stereocenters. The van der Waals surface area contributed by atoms with Crippen LogP contribution in [-0.2, 0) is 0 Å². The molecule has 0 amide bonds. The average molecular weight is 299 g/mol. The van der Waals surface area contributed by atoms with Crippen molar-refractivity contribution < 1.29 is 9.52 Å². The monoisotopic (exact) mass is 298 g/mol. The standard InChI is InChI=1S/C13H15ClN2O2S/c14-11-7-3-2-6-10(11)12-15-16-13(18-12)19-9-5-1-4-8-17/h2-3,6-7,17H,1,4-5,8-9H2. The summed E-state index contributed by atoms with van der Waals surface area (Å²) in [6, 6.07) is 7.39. The van der Waals surface area contributed by atoms with Gasteiger partial charge in [0.15, 0.2) is 0 Å². The second-order valence-electron chi connectivity index (χ2n) is 3.99. The zero-order valence-corrected chi connectivity index (χ0v) is 12.0. The minimum atomic E-state index is 0.252. The summed E-state index contributed by atoms with van der Waals surface area (Å²) in [4.78, 5) is 0. The second kappa shape index (κ2) is 7.53. The molecule has 0 aliphatic heterocycles. The number of nitrogens with zero attached hydrogens (tertiary/aromatic N) is 2. The average Bonchev–Trinajstić information content (AvgIpc) is 2.88.